The highest BCUT2D eigenvalue weighted by Crippen LogP contribution is 2.25. The van der Waals surface area contributed by atoms with E-state index in [0.717, 1.165) is 16.7 Å². The molecule has 0 radical (unpaired) electrons. The molecule has 0 bridgehead atoms. The first-order chi connectivity index (χ1) is 6.61. The second kappa shape index (κ2) is 2.90. The molecule has 0 aliphatic carbocycles. The second-order valence-electron chi connectivity index (χ2n) is 3.57. The van der Waals surface area contributed by atoms with E-state index in [0.29, 0.717) is 5.95 Å². The lowest BCUT2D eigenvalue weighted by Gasteiger charge is -2.12. The number of rotatable bonds is 1. The zero-order valence-corrected chi connectivity index (χ0v) is 8.65. The van der Waals surface area contributed by atoms with Gasteiger partial charge in [-0.2, -0.15) is 0 Å². The standard InChI is InChI=1S/C10H14N4/c1-13(2)7-5-4-6-8-9(7)12-10(11)14(8)3/h4-6H,1-3H3,(H2,11,12). The minimum absolute atomic E-state index is 0.550. The van der Waals surface area contributed by atoms with Crippen molar-refractivity contribution in [3.63, 3.8) is 0 Å². The van der Waals surface area contributed by atoms with Gasteiger partial charge in [0.15, 0.2) is 0 Å². The van der Waals surface area contributed by atoms with E-state index in [2.05, 4.69) is 4.98 Å². The predicted octanol–water partition coefficient (Wildman–Crippen LogP) is 1.22. The van der Waals surface area contributed by atoms with Gasteiger partial charge in [0, 0.05) is 21.1 Å². The van der Waals surface area contributed by atoms with E-state index in [9.17, 15) is 0 Å². The Kier molecular flexibility index (Phi) is 1.84. The van der Waals surface area contributed by atoms with E-state index in [1.165, 1.54) is 0 Å². The number of imidazole rings is 1. The summed E-state index contributed by atoms with van der Waals surface area (Å²) in [5.74, 6) is 0.550. The lowest BCUT2D eigenvalue weighted by atomic mass is 10.2. The lowest BCUT2D eigenvalue weighted by molar-refractivity contribution is 0.965. The Labute approximate surface area is 82.9 Å². The third kappa shape index (κ3) is 1.11. The summed E-state index contributed by atoms with van der Waals surface area (Å²) >= 11 is 0. The number of hydrogen-bond donors (Lipinski definition) is 1. The fraction of sp³-hybridized carbons (Fsp3) is 0.300. The van der Waals surface area contributed by atoms with E-state index in [1.807, 2.05) is 48.8 Å². The molecule has 0 fully saturated rings. The number of nitrogen functional groups attached to an aromatic ring is 1. The molecule has 2 aromatic rings. The van der Waals surface area contributed by atoms with Gasteiger partial charge in [-0.15, -0.1) is 0 Å². The molecule has 0 atom stereocenters. The Morgan fingerprint density at radius 2 is 2.07 bits per heavy atom. The fourth-order valence-corrected chi connectivity index (χ4v) is 1.58. The zero-order chi connectivity index (χ0) is 10.3. The average molecular weight is 190 g/mol. The third-order valence-electron chi connectivity index (χ3n) is 2.41. The Bertz CT molecular complexity index is 470. The second-order valence-corrected chi connectivity index (χ2v) is 3.57. The first-order valence-electron chi connectivity index (χ1n) is 4.49. The Hall–Kier alpha value is -1.71. The molecule has 1 aromatic heterocycles. The molecule has 1 heterocycles. The zero-order valence-electron chi connectivity index (χ0n) is 8.65. The molecule has 2 N–H and O–H groups in total. The largest absolute Gasteiger partial charge is 0.376 e. The first kappa shape index (κ1) is 8.87. The highest BCUT2D eigenvalue weighted by molar-refractivity contribution is 5.90. The van der Waals surface area contributed by atoms with Gasteiger partial charge >= 0.3 is 0 Å². The van der Waals surface area contributed by atoms with E-state index >= 15 is 0 Å². The van der Waals surface area contributed by atoms with Gasteiger partial charge in [-0.25, -0.2) is 4.98 Å². The number of hydrogen-bond acceptors (Lipinski definition) is 3. The van der Waals surface area contributed by atoms with Crippen molar-refractivity contribution in [3.05, 3.63) is 18.2 Å². The molecule has 0 saturated heterocycles. The molecular weight excluding hydrogens is 176 g/mol. The van der Waals surface area contributed by atoms with Gasteiger partial charge in [0.25, 0.3) is 0 Å². The van der Waals surface area contributed by atoms with Crippen molar-refractivity contribution in [1.29, 1.82) is 0 Å². The summed E-state index contributed by atoms with van der Waals surface area (Å²) in [6.45, 7) is 0. The fourth-order valence-electron chi connectivity index (χ4n) is 1.58. The summed E-state index contributed by atoms with van der Waals surface area (Å²) in [4.78, 5) is 6.37. The van der Waals surface area contributed by atoms with Crippen LogP contribution in [0, 0.1) is 0 Å². The molecule has 74 valence electrons. The Balaban J connectivity index is 2.81. The third-order valence-corrected chi connectivity index (χ3v) is 2.41. The normalized spacial score (nSPS) is 10.8. The van der Waals surface area contributed by atoms with Crippen LogP contribution in [0.25, 0.3) is 11.0 Å². The van der Waals surface area contributed by atoms with Crippen LogP contribution >= 0.6 is 0 Å². The van der Waals surface area contributed by atoms with Crippen molar-refractivity contribution in [2.24, 2.45) is 7.05 Å². The molecule has 0 aliphatic heterocycles. The summed E-state index contributed by atoms with van der Waals surface area (Å²) < 4.78 is 1.89. The number of nitrogens with zero attached hydrogens (tertiary/aromatic N) is 3. The molecule has 0 spiro atoms. The molecule has 2 rings (SSSR count). The van der Waals surface area contributed by atoms with Crippen LogP contribution in [0.5, 0.6) is 0 Å². The highest BCUT2D eigenvalue weighted by Gasteiger charge is 2.09. The van der Waals surface area contributed by atoms with Crippen molar-refractivity contribution in [3.8, 4) is 0 Å². The number of anilines is 2. The minimum Gasteiger partial charge on any atom is -0.376 e. The summed E-state index contributed by atoms with van der Waals surface area (Å²) in [5, 5.41) is 0. The average Bonchev–Trinajstić information content (AvgIpc) is 2.43. The lowest BCUT2D eigenvalue weighted by Crippen LogP contribution is -2.08. The Morgan fingerprint density at radius 1 is 1.36 bits per heavy atom. The van der Waals surface area contributed by atoms with E-state index in [1.54, 1.807) is 0 Å². The molecule has 0 saturated carbocycles. The molecular formula is C10H14N4. The smallest absolute Gasteiger partial charge is 0.201 e. The highest BCUT2D eigenvalue weighted by atomic mass is 15.2. The van der Waals surface area contributed by atoms with Crippen LogP contribution in [0.3, 0.4) is 0 Å². The number of nitrogens with two attached hydrogens (primary N) is 1. The number of aromatic nitrogens is 2. The van der Waals surface area contributed by atoms with Crippen LogP contribution in [-0.2, 0) is 7.05 Å². The maximum atomic E-state index is 5.75. The monoisotopic (exact) mass is 190 g/mol. The van der Waals surface area contributed by atoms with Crippen molar-refractivity contribution in [2.75, 3.05) is 24.7 Å². The van der Waals surface area contributed by atoms with E-state index in [4.69, 9.17) is 5.73 Å². The molecule has 0 amide bonds. The van der Waals surface area contributed by atoms with Crippen molar-refractivity contribution in [1.82, 2.24) is 9.55 Å². The first-order valence-corrected chi connectivity index (χ1v) is 4.49. The van der Waals surface area contributed by atoms with E-state index < -0.39 is 0 Å². The predicted molar refractivity (Wildman–Crippen MR) is 59.5 cm³/mol. The molecule has 14 heavy (non-hydrogen) atoms. The van der Waals surface area contributed by atoms with Crippen LogP contribution in [0.1, 0.15) is 0 Å². The molecule has 4 heteroatoms. The summed E-state index contributed by atoms with van der Waals surface area (Å²) in [6, 6.07) is 6.07. The van der Waals surface area contributed by atoms with Crippen molar-refractivity contribution in [2.45, 2.75) is 0 Å². The van der Waals surface area contributed by atoms with Gasteiger partial charge in [0.05, 0.1) is 11.2 Å². The molecule has 0 aliphatic rings. The minimum atomic E-state index is 0.550. The van der Waals surface area contributed by atoms with Gasteiger partial charge in [-0.3, -0.25) is 0 Å². The summed E-state index contributed by atoms with van der Waals surface area (Å²) in [5.41, 5.74) is 8.87. The topological polar surface area (TPSA) is 47.1 Å². The molecule has 0 unspecified atom stereocenters. The van der Waals surface area contributed by atoms with Gasteiger partial charge in [0.2, 0.25) is 5.95 Å². The summed E-state index contributed by atoms with van der Waals surface area (Å²) in [6.07, 6.45) is 0. The van der Waals surface area contributed by atoms with Gasteiger partial charge in [-0.1, -0.05) is 6.07 Å². The van der Waals surface area contributed by atoms with Crippen LogP contribution in [0.15, 0.2) is 18.2 Å². The van der Waals surface area contributed by atoms with E-state index in [-0.39, 0.29) is 0 Å². The maximum absolute atomic E-state index is 5.75. The SMILES string of the molecule is CN(C)c1cccc2c1nc(N)n2C. The van der Waals surface area contributed by atoms with Crippen molar-refractivity contribution < 1.29 is 0 Å². The quantitative estimate of drug-likeness (QED) is 0.735. The maximum Gasteiger partial charge on any atom is 0.201 e. The molecule has 1 aromatic carbocycles. The van der Waals surface area contributed by atoms with Crippen LogP contribution < -0.4 is 10.6 Å². The van der Waals surface area contributed by atoms with Crippen molar-refractivity contribution >= 4 is 22.7 Å². The van der Waals surface area contributed by atoms with Crippen LogP contribution in [-0.4, -0.2) is 23.6 Å². The number of aryl methyl sites for hydroxylation is 1. The number of benzene rings is 1. The number of para-hydroxylation sites is 1. The summed E-state index contributed by atoms with van der Waals surface area (Å²) in [7, 11) is 5.92. The van der Waals surface area contributed by atoms with Crippen LogP contribution in [0.4, 0.5) is 11.6 Å². The van der Waals surface area contributed by atoms with Gasteiger partial charge in [-0.05, 0) is 12.1 Å². The molecule has 4 nitrogen and oxygen atoms in total. The van der Waals surface area contributed by atoms with Crippen LogP contribution in [0.2, 0.25) is 0 Å². The van der Waals surface area contributed by atoms with Gasteiger partial charge < -0.3 is 15.2 Å². The number of fused-ring (bicyclic) bond motifs is 1. The van der Waals surface area contributed by atoms with Gasteiger partial charge in [0.1, 0.15) is 5.52 Å². The Morgan fingerprint density at radius 3 is 2.71 bits per heavy atom.